The van der Waals surface area contributed by atoms with E-state index in [9.17, 15) is 0 Å². The molecule has 0 heterocycles. The van der Waals surface area contributed by atoms with E-state index < -0.39 is 0 Å². The number of hydrogen-bond acceptors (Lipinski definition) is 1. The highest BCUT2D eigenvalue weighted by Gasteiger charge is 2.10. The van der Waals surface area contributed by atoms with Crippen molar-refractivity contribution in [2.75, 3.05) is 7.11 Å². The predicted molar refractivity (Wildman–Crippen MR) is 82.9 cm³/mol. The van der Waals surface area contributed by atoms with E-state index in [1.165, 1.54) is 14.7 Å². The Bertz CT molecular complexity index is 496. The predicted octanol–water partition coefficient (Wildman–Crippen LogP) is 4.78. The van der Waals surface area contributed by atoms with Crippen LogP contribution < -0.4 is 4.74 Å². The topological polar surface area (TPSA) is 9.23 Å². The lowest BCUT2D eigenvalue weighted by molar-refractivity contribution is 0.414. The normalized spacial score (nSPS) is 12.2. The molecule has 0 fully saturated rings. The largest absolute Gasteiger partial charge is 0.497 e. The van der Waals surface area contributed by atoms with Gasteiger partial charge in [0.25, 0.3) is 0 Å². The van der Waals surface area contributed by atoms with Gasteiger partial charge in [0, 0.05) is 3.57 Å². The van der Waals surface area contributed by atoms with Crippen molar-refractivity contribution in [3.63, 3.8) is 0 Å². The van der Waals surface area contributed by atoms with Crippen LogP contribution in [0.3, 0.4) is 0 Å². The van der Waals surface area contributed by atoms with Crippen LogP contribution in [0.2, 0.25) is 0 Å². The molecule has 0 N–H and O–H groups in total. The average Bonchev–Trinajstić information content (AvgIpc) is 2.38. The maximum absolute atomic E-state index is 5.16. The molecule has 0 aliphatic heterocycles. The van der Waals surface area contributed by atoms with E-state index in [4.69, 9.17) is 4.74 Å². The molecule has 0 radical (unpaired) electrons. The summed E-state index contributed by atoms with van der Waals surface area (Å²) < 4.78 is 6.41. The molecule has 0 aliphatic carbocycles. The van der Waals surface area contributed by atoms with Crippen LogP contribution in [0.15, 0.2) is 48.5 Å². The zero-order valence-corrected chi connectivity index (χ0v) is 13.1. The maximum Gasteiger partial charge on any atom is 0.118 e. The smallest absolute Gasteiger partial charge is 0.118 e. The first-order valence-corrected chi connectivity index (χ1v) is 7.23. The van der Waals surface area contributed by atoms with Crippen LogP contribution in [0.1, 0.15) is 16.0 Å². The quantitative estimate of drug-likeness (QED) is 0.530. The molecule has 0 amide bonds. The second-order valence-electron chi connectivity index (χ2n) is 3.69. The first-order chi connectivity index (χ1) is 8.20. The zero-order chi connectivity index (χ0) is 12.3. The fourth-order valence-corrected chi connectivity index (χ4v) is 2.79. The number of rotatable bonds is 3. The number of alkyl halides is 1. The summed E-state index contributed by atoms with van der Waals surface area (Å²) >= 11 is 6.06. The van der Waals surface area contributed by atoms with Gasteiger partial charge in [0.1, 0.15) is 5.75 Å². The fourth-order valence-electron chi connectivity index (χ4n) is 1.63. The lowest BCUT2D eigenvalue weighted by Crippen LogP contribution is -1.93. The van der Waals surface area contributed by atoms with Crippen LogP contribution in [-0.4, -0.2) is 7.11 Å². The van der Waals surface area contributed by atoms with Crippen molar-refractivity contribution >= 4 is 38.5 Å². The highest BCUT2D eigenvalue weighted by molar-refractivity contribution is 14.1. The van der Waals surface area contributed by atoms with Crippen LogP contribution in [-0.2, 0) is 0 Å². The third kappa shape index (κ3) is 3.22. The van der Waals surface area contributed by atoms with Crippen molar-refractivity contribution in [1.82, 2.24) is 0 Å². The average molecular weight is 403 g/mol. The molecule has 0 spiro atoms. The van der Waals surface area contributed by atoms with Crippen molar-refractivity contribution in [2.24, 2.45) is 0 Å². The summed E-state index contributed by atoms with van der Waals surface area (Å²) in [6.45, 7) is 0. The minimum Gasteiger partial charge on any atom is -0.497 e. The van der Waals surface area contributed by atoms with Crippen LogP contribution in [0.4, 0.5) is 0 Å². The van der Waals surface area contributed by atoms with Gasteiger partial charge in [0.15, 0.2) is 0 Å². The molecule has 2 rings (SSSR count). The standard InChI is InChI=1S/C14H12BrIO/c1-17-13-7-5-10(6-8-13)14(15)11-3-2-4-12(16)9-11/h2-9,14H,1H3. The van der Waals surface area contributed by atoms with Gasteiger partial charge in [0.2, 0.25) is 0 Å². The van der Waals surface area contributed by atoms with E-state index in [2.05, 4.69) is 74.9 Å². The van der Waals surface area contributed by atoms with Crippen molar-refractivity contribution < 1.29 is 4.74 Å². The molecule has 0 bridgehead atoms. The van der Waals surface area contributed by atoms with Gasteiger partial charge in [-0.2, -0.15) is 0 Å². The molecule has 0 aliphatic rings. The molecule has 17 heavy (non-hydrogen) atoms. The van der Waals surface area contributed by atoms with E-state index in [0.29, 0.717) is 0 Å². The first kappa shape index (κ1) is 12.9. The van der Waals surface area contributed by atoms with E-state index >= 15 is 0 Å². The Morgan fingerprint density at radius 1 is 1.06 bits per heavy atom. The maximum atomic E-state index is 5.16. The first-order valence-electron chi connectivity index (χ1n) is 5.24. The number of ether oxygens (including phenoxy) is 1. The summed E-state index contributed by atoms with van der Waals surface area (Å²) in [5, 5.41) is 0. The molecular formula is C14H12BrIO. The highest BCUT2D eigenvalue weighted by atomic mass is 127. The Labute approximate surface area is 123 Å². The minimum absolute atomic E-state index is 0.225. The Morgan fingerprint density at radius 2 is 1.76 bits per heavy atom. The van der Waals surface area contributed by atoms with Gasteiger partial charge in [-0.3, -0.25) is 0 Å². The molecular weight excluding hydrogens is 391 g/mol. The second-order valence-corrected chi connectivity index (χ2v) is 5.85. The Balaban J connectivity index is 2.27. The summed E-state index contributed by atoms with van der Waals surface area (Å²) in [5.41, 5.74) is 2.50. The van der Waals surface area contributed by atoms with Gasteiger partial charge < -0.3 is 4.74 Å². The van der Waals surface area contributed by atoms with E-state index in [-0.39, 0.29) is 4.83 Å². The Kier molecular flexibility index (Phi) is 4.45. The van der Waals surface area contributed by atoms with Crippen molar-refractivity contribution in [3.05, 3.63) is 63.2 Å². The molecule has 2 aromatic rings. The van der Waals surface area contributed by atoms with Crippen LogP contribution >= 0.6 is 38.5 Å². The molecule has 88 valence electrons. The second kappa shape index (κ2) is 5.87. The van der Waals surface area contributed by atoms with E-state index in [1.807, 2.05) is 12.1 Å². The SMILES string of the molecule is COc1ccc(C(Br)c2cccc(I)c2)cc1. The lowest BCUT2D eigenvalue weighted by atomic mass is 10.1. The molecule has 3 heteroatoms. The summed E-state index contributed by atoms with van der Waals surface area (Å²) in [7, 11) is 1.68. The third-order valence-corrected chi connectivity index (χ3v) is 4.28. The van der Waals surface area contributed by atoms with Crippen LogP contribution in [0.5, 0.6) is 5.75 Å². The van der Waals surface area contributed by atoms with Crippen molar-refractivity contribution in [3.8, 4) is 5.75 Å². The fraction of sp³-hybridized carbons (Fsp3) is 0.143. The molecule has 1 atom stereocenters. The van der Waals surface area contributed by atoms with E-state index in [1.54, 1.807) is 7.11 Å². The van der Waals surface area contributed by atoms with Gasteiger partial charge >= 0.3 is 0 Å². The van der Waals surface area contributed by atoms with Gasteiger partial charge in [-0.15, -0.1) is 0 Å². The summed E-state index contributed by atoms with van der Waals surface area (Å²) in [5.74, 6) is 0.885. The van der Waals surface area contributed by atoms with Crippen LogP contribution in [0.25, 0.3) is 0 Å². The number of benzene rings is 2. The van der Waals surface area contributed by atoms with Gasteiger partial charge in [-0.1, -0.05) is 40.2 Å². The Hall–Kier alpha value is -0.550. The minimum atomic E-state index is 0.225. The van der Waals surface area contributed by atoms with Gasteiger partial charge in [-0.05, 0) is 58.0 Å². The monoisotopic (exact) mass is 402 g/mol. The van der Waals surface area contributed by atoms with Gasteiger partial charge in [-0.25, -0.2) is 0 Å². The van der Waals surface area contributed by atoms with Gasteiger partial charge in [0.05, 0.1) is 11.9 Å². The molecule has 0 saturated carbocycles. The summed E-state index contributed by atoms with van der Waals surface area (Å²) in [6, 6.07) is 16.6. The van der Waals surface area contributed by atoms with Crippen molar-refractivity contribution in [2.45, 2.75) is 4.83 Å². The Morgan fingerprint density at radius 3 is 2.35 bits per heavy atom. The molecule has 0 aromatic heterocycles. The molecule has 2 aromatic carbocycles. The summed E-state index contributed by atoms with van der Waals surface area (Å²) in [4.78, 5) is 0.225. The molecule has 0 saturated heterocycles. The number of methoxy groups -OCH3 is 1. The van der Waals surface area contributed by atoms with Crippen LogP contribution in [0, 0.1) is 3.57 Å². The highest BCUT2D eigenvalue weighted by Crippen LogP contribution is 2.32. The molecule has 1 nitrogen and oxygen atoms in total. The number of hydrogen-bond donors (Lipinski definition) is 0. The summed E-state index contributed by atoms with van der Waals surface area (Å²) in [6.07, 6.45) is 0. The van der Waals surface area contributed by atoms with Crippen molar-refractivity contribution in [1.29, 1.82) is 0 Å². The number of halogens is 2. The van der Waals surface area contributed by atoms with E-state index in [0.717, 1.165) is 5.75 Å². The lowest BCUT2D eigenvalue weighted by Gasteiger charge is -2.11. The zero-order valence-electron chi connectivity index (χ0n) is 9.36. The third-order valence-electron chi connectivity index (χ3n) is 2.55. The molecule has 1 unspecified atom stereocenters.